The molecule has 1 aliphatic carbocycles. The molecule has 2 N–H and O–H groups in total. The van der Waals surface area contributed by atoms with Crippen LogP contribution in [0.25, 0.3) is 32.9 Å². The first-order valence-corrected chi connectivity index (χ1v) is 17.1. The van der Waals surface area contributed by atoms with Crippen molar-refractivity contribution in [1.82, 2.24) is 25.2 Å². The summed E-state index contributed by atoms with van der Waals surface area (Å²) < 4.78 is 77.9. The first-order valence-electron chi connectivity index (χ1n) is 17.1. The lowest BCUT2D eigenvalue weighted by atomic mass is 9.95. The van der Waals surface area contributed by atoms with Gasteiger partial charge in [0.1, 0.15) is 28.6 Å². The Balaban J connectivity index is 1.17. The minimum Gasteiger partial charge on any atom is -0.508 e. The number of aromatic nitrogens is 3. The molecule has 2 unspecified atom stereocenters. The predicted octanol–water partition coefficient (Wildman–Crippen LogP) is 6.49. The molecule has 8 nitrogen and oxygen atoms in total. The number of hydrogen-bond acceptors (Lipinski definition) is 8. The van der Waals surface area contributed by atoms with Crippen molar-refractivity contribution >= 4 is 27.5 Å². The number of hydrogen-bond donors (Lipinski definition) is 2. The van der Waals surface area contributed by atoms with Crippen molar-refractivity contribution in [1.29, 1.82) is 0 Å². The van der Waals surface area contributed by atoms with Gasteiger partial charge in [-0.05, 0) is 82.1 Å². The third-order valence-electron chi connectivity index (χ3n) is 11.0. The Morgan fingerprint density at radius 1 is 1.02 bits per heavy atom. The van der Waals surface area contributed by atoms with Crippen LogP contribution in [0.2, 0.25) is 0 Å². The molecule has 8 rings (SSSR count). The first-order chi connectivity index (χ1) is 23.9. The van der Waals surface area contributed by atoms with E-state index in [4.69, 9.17) is 16.1 Å². The Hall–Kier alpha value is -4.28. The Labute approximate surface area is 286 Å². The number of piperazine rings is 1. The minimum absolute atomic E-state index is 0.00740. The molecule has 0 spiro atoms. The number of piperidine rings is 1. The number of rotatable bonds is 7. The van der Waals surface area contributed by atoms with Gasteiger partial charge in [0.25, 0.3) is 0 Å². The summed E-state index contributed by atoms with van der Waals surface area (Å²) in [5.74, 6) is 0.0103. The van der Waals surface area contributed by atoms with Crippen molar-refractivity contribution in [2.75, 3.05) is 44.2 Å². The molecule has 2 atom stereocenters. The second-order valence-electron chi connectivity index (χ2n) is 14.5. The van der Waals surface area contributed by atoms with E-state index in [0.717, 1.165) is 25.7 Å². The number of pyridine rings is 1. The van der Waals surface area contributed by atoms with Gasteiger partial charge in [-0.3, -0.25) is 0 Å². The molecule has 4 aromatic rings. The number of aromatic hydroxyl groups is 1. The third-order valence-corrected chi connectivity index (χ3v) is 11.0. The summed E-state index contributed by atoms with van der Waals surface area (Å²) in [6.45, 7) is 4.66. The lowest BCUT2D eigenvalue weighted by Crippen LogP contribution is -2.51. The molecule has 0 radical (unpaired) electrons. The summed E-state index contributed by atoms with van der Waals surface area (Å²) >= 11 is 0. The van der Waals surface area contributed by atoms with Gasteiger partial charge in [0.15, 0.2) is 5.82 Å². The van der Waals surface area contributed by atoms with E-state index < -0.39 is 23.7 Å². The smallest absolute Gasteiger partial charge is 0.391 e. The SMILES string of the molecule is C#Cc1c(F)ccc2cc(O)cc(-c3nc(C)c4c(N5CC6CCC(C5)N6)nc(OCC5(CN6CCC(C(F)(F)F)CC6)CC5)nc4c3F)c12. The number of nitrogens with one attached hydrogen (secondary N) is 1. The van der Waals surface area contributed by atoms with Gasteiger partial charge in [-0.15, -0.1) is 6.42 Å². The highest BCUT2D eigenvalue weighted by Gasteiger charge is 2.47. The Morgan fingerprint density at radius 2 is 1.74 bits per heavy atom. The number of fused-ring (bicyclic) bond motifs is 4. The maximum atomic E-state index is 17.0. The summed E-state index contributed by atoms with van der Waals surface area (Å²) in [7, 11) is 0. The molecule has 3 saturated heterocycles. The van der Waals surface area contributed by atoms with Crippen LogP contribution in [-0.2, 0) is 0 Å². The highest BCUT2D eigenvalue weighted by atomic mass is 19.4. The summed E-state index contributed by atoms with van der Waals surface area (Å²) in [6.07, 6.45) is 5.46. The molecule has 4 fully saturated rings. The minimum atomic E-state index is -4.17. The number of terminal acetylenes is 1. The second kappa shape index (κ2) is 12.2. The lowest BCUT2D eigenvalue weighted by Gasteiger charge is -2.35. The fourth-order valence-corrected chi connectivity index (χ4v) is 8.14. The molecule has 1 saturated carbocycles. The van der Waals surface area contributed by atoms with Crippen LogP contribution in [0.3, 0.4) is 0 Å². The normalized spacial score (nSPS) is 22.3. The molecule has 262 valence electrons. The number of alkyl halides is 3. The van der Waals surface area contributed by atoms with E-state index in [9.17, 15) is 22.7 Å². The number of anilines is 1. The van der Waals surface area contributed by atoms with Gasteiger partial charge in [0, 0.05) is 48.1 Å². The van der Waals surface area contributed by atoms with Gasteiger partial charge >= 0.3 is 12.2 Å². The maximum absolute atomic E-state index is 17.0. The average Bonchev–Trinajstić information content (AvgIpc) is 3.77. The van der Waals surface area contributed by atoms with Crippen LogP contribution in [0.4, 0.5) is 27.8 Å². The molecule has 2 bridgehead atoms. The lowest BCUT2D eigenvalue weighted by molar-refractivity contribution is -0.185. The molecule has 2 aromatic carbocycles. The quantitative estimate of drug-likeness (QED) is 0.168. The van der Waals surface area contributed by atoms with Crippen LogP contribution < -0.4 is 15.0 Å². The van der Waals surface area contributed by atoms with Crippen molar-refractivity contribution in [2.45, 2.75) is 63.7 Å². The predicted molar refractivity (Wildman–Crippen MR) is 179 cm³/mol. The molecule has 4 aliphatic rings. The van der Waals surface area contributed by atoms with Gasteiger partial charge < -0.3 is 25.0 Å². The van der Waals surface area contributed by atoms with Gasteiger partial charge in [0.05, 0.1) is 29.2 Å². The summed E-state index contributed by atoms with van der Waals surface area (Å²) in [4.78, 5) is 18.3. The number of nitrogens with zero attached hydrogens (tertiary/aromatic N) is 5. The summed E-state index contributed by atoms with van der Waals surface area (Å²) in [5, 5.41) is 15.3. The average molecular weight is 693 g/mol. The van der Waals surface area contributed by atoms with E-state index in [1.54, 1.807) is 6.92 Å². The molecular weight excluding hydrogens is 655 g/mol. The van der Waals surface area contributed by atoms with Gasteiger partial charge in [-0.1, -0.05) is 12.0 Å². The Kier molecular flexibility index (Phi) is 8.02. The van der Waals surface area contributed by atoms with Crippen molar-refractivity contribution in [3.63, 3.8) is 0 Å². The zero-order chi connectivity index (χ0) is 34.9. The van der Waals surface area contributed by atoms with Crippen molar-refractivity contribution in [2.24, 2.45) is 11.3 Å². The van der Waals surface area contributed by atoms with Crippen molar-refractivity contribution in [3.8, 4) is 35.4 Å². The fraction of sp³-hybridized carbons (Fsp3) is 0.486. The van der Waals surface area contributed by atoms with E-state index in [2.05, 4.69) is 31.0 Å². The molecule has 50 heavy (non-hydrogen) atoms. The molecular formula is C37H37F5N6O2. The van der Waals surface area contributed by atoms with Gasteiger partial charge in [-0.2, -0.15) is 23.1 Å². The number of phenolic OH excluding ortho intramolecular Hbond substituents is 1. The van der Waals surface area contributed by atoms with E-state index in [1.807, 2.05) is 0 Å². The van der Waals surface area contributed by atoms with Crippen LogP contribution in [0, 0.1) is 42.2 Å². The fourth-order valence-electron chi connectivity index (χ4n) is 8.14. The van der Waals surface area contributed by atoms with E-state index in [1.165, 1.54) is 24.3 Å². The first kappa shape index (κ1) is 32.9. The van der Waals surface area contributed by atoms with Crippen molar-refractivity contribution in [3.05, 3.63) is 47.2 Å². The van der Waals surface area contributed by atoms with Gasteiger partial charge in [0.2, 0.25) is 0 Å². The summed E-state index contributed by atoms with van der Waals surface area (Å²) in [6, 6.07) is 5.94. The molecule has 5 heterocycles. The number of aryl methyl sites for hydroxylation is 1. The van der Waals surface area contributed by atoms with E-state index in [-0.39, 0.29) is 76.4 Å². The number of likely N-dealkylation sites (tertiary alicyclic amines) is 1. The molecule has 2 aromatic heterocycles. The van der Waals surface area contributed by atoms with E-state index >= 15 is 4.39 Å². The van der Waals surface area contributed by atoms with Crippen molar-refractivity contribution < 1.29 is 31.8 Å². The van der Waals surface area contributed by atoms with Crippen LogP contribution in [0.15, 0.2) is 24.3 Å². The van der Waals surface area contributed by atoms with E-state index in [0.29, 0.717) is 55.0 Å². The zero-order valence-corrected chi connectivity index (χ0v) is 27.6. The van der Waals surface area contributed by atoms with Gasteiger partial charge in [-0.25, -0.2) is 13.8 Å². The number of ether oxygens (including phenoxy) is 1. The second-order valence-corrected chi connectivity index (χ2v) is 14.5. The number of phenols is 1. The largest absolute Gasteiger partial charge is 0.508 e. The highest BCUT2D eigenvalue weighted by Crippen LogP contribution is 2.48. The van der Waals surface area contributed by atoms with Crippen LogP contribution in [0.5, 0.6) is 11.8 Å². The highest BCUT2D eigenvalue weighted by molar-refractivity contribution is 6.03. The monoisotopic (exact) mass is 692 g/mol. The zero-order valence-electron chi connectivity index (χ0n) is 27.6. The van der Waals surface area contributed by atoms with Crippen LogP contribution in [-0.4, -0.2) is 82.5 Å². The molecule has 13 heteroatoms. The summed E-state index contributed by atoms with van der Waals surface area (Å²) in [5.41, 5.74) is 0.0927. The maximum Gasteiger partial charge on any atom is 0.391 e. The third kappa shape index (κ3) is 5.96. The number of benzene rings is 2. The van der Waals surface area contributed by atoms with Crippen LogP contribution >= 0.6 is 0 Å². The Bertz CT molecular complexity index is 2020. The van der Waals surface area contributed by atoms with Crippen LogP contribution in [0.1, 0.15) is 49.8 Å². The topological polar surface area (TPSA) is 86.6 Å². The standard InChI is InChI=1S/C37H37F5N6O2/c1-3-26-28(38)7-4-21-14-25(49)15-27(30(21)26)32-31(39)33-29(20(2)43-32)34(48-16-23-5-6-24(17-48)44-23)46-35(45-33)50-19-36(10-11-36)18-47-12-8-22(9-13-47)37(40,41)42/h1,4,7,14-15,22-24,44,49H,5-6,8-13,16-19H2,2H3. The Morgan fingerprint density at radius 3 is 2.40 bits per heavy atom. The molecule has 3 aliphatic heterocycles. The number of halogens is 5. The molecule has 0 amide bonds.